The zero-order valence-corrected chi connectivity index (χ0v) is 24.3. The first-order valence-corrected chi connectivity index (χ1v) is 15.0. The van der Waals surface area contributed by atoms with Gasteiger partial charge in [0.25, 0.3) is 11.8 Å². The van der Waals surface area contributed by atoms with E-state index in [1.165, 1.54) is 11.8 Å². The van der Waals surface area contributed by atoms with E-state index in [0.29, 0.717) is 23.6 Å². The van der Waals surface area contributed by atoms with Crippen molar-refractivity contribution in [2.75, 3.05) is 50.7 Å². The molecule has 1 N–H and O–H groups in total. The maximum atomic E-state index is 13.8. The Morgan fingerprint density at radius 3 is 2.48 bits per heavy atom. The summed E-state index contributed by atoms with van der Waals surface area (Å²) in [7, 11) is 0. The number of carbonyl (C=O) groups excluding carboxylic acids is 2. The first kappa shape index (κ1) is 28.1. The first-order chi connectivity index (χ1) is 19.5. The number of anilines is 1. The fraction of sp³-hybridized carbons (Fsp3) is 0.333. The Morgan fingerprint density at radius 2 is 1.73 bits per heavy atom. The van der Waals surface area contributed by atoms with Gasteiger partial charge in [-0.25, -0.2) is 0 Å². The molecule has 208 valence electrons. The quantitative estimate of drug-likeness (QED) is 0.282. The van der Waals surface area contributed by atoms with Crippen LogP contribution in [-0.2, 0) is 11.3 Å². The third kappa shape index (κ3) is 7.02. The van der Waals surface area contributed by atoms with Crippen LogP contribution in [0.15, 0.2) is 82.6 Å². The zero-order valence-electron chi connectivity index (χ0n) is 23.4. The highest BCUT2D eigenvalue weighted by atomic mass is 32.2. The predicted molar refractivity (Wildman–Crippen MR) is 165 cm³/mol. The molecule has 1 saturated heterocycles. The fourth-order valence-electron chi connectivity index (χ4n) is 5.24. The first-order valence-electron chi connectivity index (χ1n) is 14.2. The Morgan fingerprint density at radius 1 is 0.950 bits per heavy atom. The molecule has 0 aliphatic carbocycles. The second kappa shape index (κ2) is 13.3. The van der Waals surface area contributed by atoms with Crippen molar-refractivity contribution in [1.82, 2.24) is 15.1 Å². The largest absolute Gasteiger partial charge is 0.352 e. The van der Waals surface area contributed by atoms with Crippen molar-refractivity contribution in [3.63, 3.8) is 0 Å². The van der Waals surface area contributed by atoms with Gasteiger partial charge in [-0.15, -0.1) is 0 Å². The van der Waals surface area contributed by atoms with Crippen LogP contribution in [0.4, 0.5) is 5.69 Å². The molecular weight excluding hydrogens is 516 g/mol. The molecule has 2 aliphatic heterocycles. The molecule has 0 spiro atoms. The van der Waals surface area contributed by atoms with E-state index in [2.05, 4.69) is 41.1 Å². The molecule has 2 aliphatic rings. The Hall–Kier alpha value is -3.39. The SMILES string of the molecule is CCN1CCN(CCCNC(=O)c2ccc3c(c2)N(Cc2cccc(C)c2)C(=O)/C(=C/c2ccccc2)S3)CC1. The normalized spacial score (nSPS) is 17.2. The minimum atomic E-state index is -0.0998. The molecule has 0 atom stereocenters. The Bertz CT molecular complexity index is 1370. The summed E-state index contributed by atoms with van der Waals surface area (Å²) in [5.41, 5.74) is 4.55. The van der Waals surface area contributed by atoms with Gasteiger partial charge in [0.15, 0.2) is 0 Å². The second-order valence-corrected chi connectivity index (χ2v) is 11.6. The molecule has 0 bridgehead atoms. The number of nitrogens with one attached hydrogen (secondary N) is 1. The van der Waals surface area contributed by atoms with Crippen LogP contribution in [-0.4, -0.2) is 67.4 Å². The lowest BCUT2D eigenvalue weighted by atomic mass is 10.1. The monoisotopic (exact) mass is 554 g/mol. The molecule has 7 heteroatoms. The molecule has 0 radical (unpaired) electrons. The number of fused-ring (bicyclic) bond motifs is 1. The predicted octanol–water partition coefficient (Wildman–Crippen LogP) is 5.43. The van der Waals surface area contributed by atoms with Crippen LogP contribution in [0.2, 0.25) is 0 Å². The molecular formula is C33H38N4O2S. The molecule has 2 amide bonds. The third-order valence-corrected chi connectivity index (χ3v) is 8.63. The second-order valence-electron chi connectivity index (χ2n) is 10.5. The molecule has 0 saturated carbocycles. The number of amides is 2. The standard InChI is InChI=1S/C33H38N4O2S/c1-3-35-17-19-36(20-18-35)16-8-15-34-32(38)28-13-14-30-29(23-28)37(24-27-12-7-9-25(2)21-27)33(39)31(40-30)22-26-10-5-4-6-11-26/h4-7,9-14,21-23H,3,8,15-20,24H2,1-2H3,(H,34,38)/b31-22-. The average molecular weight is 555 g/mol. The number of rotatable bonds is 9. The Balaban J connectivity index is 1.30. The van der Waals surface area contributed by atoms with Crippen LogP contribution in [0.5, 0.6) is 0 Å². The van der Waals surface area contributed by atoms with Crippen LogP contribution >= 0.6 is 11.8 Å². The summed E-state index contributed by atoms with van der Waals surface area (Å²) in [6.45, 7) is 11.9. The summed E-state index contributed by atoms with van der Waals surface area (Å²) in [6, 6.07) is 23.8. The maximum absolute atomic E-state index is 13.8. The number of carbonyl (C=O) groups is 2. The van der Waals surface area contributed by atoms with Crippen molar-refractivity contribution in [1.29, 1.82) is 0 Å². The highest BCUT2D eigenvalue weighted by molar-refractivity contribution is 8.04. The number of likely N-dealkylation sites (N-methyl/N-ethyl adjacent to an activating group) is 1. The lowest BCUT2D eigenvalue weighted by Crippen LogP contribution is -2.46. The molecule has 5 rings (SSSR count). The molecule has 3 aromatic rings. The number of aryl methyl sites for hydroxylation is 1. The summed E-state index contributed by atoms with van der Waals surface area (Å²) in [4.78, 5) is 35.3. The Labute approximate surface area is 242 Å². The lowest BCUT2D eigenvalue weighted by Gasteiger charge is -2.34. The lowest BCUT2D eigenvalue weighted by molar-refractivity contribution is -0.114. The summed E-state index contributed by atoms with van der Waals surface area (Å²) >= 11 is 1.47. The van der Waals surface area contributed by atoms with E-state index in [4.69, 9.17) is 0 Å². The summed E-state index contributed by atoms with van der Waals surface area (Å²) in [6.07, 6.45) is 2.87. The molecule has 3 aromatic carbocycles. The fourth-order valence-corrected chi connectivity index (χ4v) is 6.28. The maximum Gasteiger partial charge on any atom is 0.265 e. The number of hydrogen-bond acceptors (Lipinski definition) is 5. The van der Waals surface area contributed by atoms with Gasteiger partial charge in [-0.1, -0.05) is 78.8 Å². The van der Waals surface area contributed by atoms with Gasteiger partial charge in [-0.3, -0.25) is 9.59 Å². The van der Waals surface area contributed by atoms with Crippen LogP contribution in [0, 0.1) is 6.92 Å². The summed E-state index contributed by atoms with van der Waals surface area (Å²) in [5, 5.41) is 3.09. The number of benzene rings is 3. The van der Waals surface area contributed by atoms with Crippen LogP contribution < -0.4 is 10.2 Å². The van der Waals surface area contributed by atoms with E-state index in [9.17, 15) is 9.59 Å². The van der Waals surface area contributed by atoms with Gasteiger partial charge in [0.2, 0.25) is 0 Å². The number of piperazine rings is 1. The van der Waals surface area contributed by atoms with Crippen molar-refractivity contribution < 1.29 is 9.59 Å². The minimum Gasteiger partial charge on any atom is -0.352 e. The molecule has 6 nitrogen and oxygen atoms in total. The molecule has 1 fully saturated rings. The smallest absolute Gasteiger partial charge is 0.265 e. The van der Waals surface area contributed by atoms with Gasteiger partial charge in [0.05, 0.1) is 17.1 Å². The van der Waals surface area contributed by atoms with Gasteiger partial charge in [-0.2, -0.15) is 0 Å². The average Bonchev–Trinajstić information content (AvgIpc) is 2.98. The minimum absolute atomic E-state index is 0.0522. The van der Waals surface area contributed by atoms with Gasteiger partial charge in [0.1, 0.15) is 0 Å². The van der Waals surface area contributed by atoms with Crippen LogP contribution in [0.3, 0.4) is 0 Å². The van der Waals surface area contributed by atoms with E-state index < -0.39 is 0 Å². The van der Waals surface area contributed by atoms with E-state index in [0.717, 1.165) is 73.0 Å². The molecule has 40 heavy (non-hydrogen) atoms. The molecule has 0 unspecified atom stereocenters. The van der Waals surface area contributed by atoms with E-state index in [1.807, 2.05) is 71.6 Å². The highest BCUT2D eigenvalue weighted by Crippen LogP contribution is 2.43. The summed E-state index contributed by atoms with van der Waals surface area (Å²) < 4.78 is 0. The van der Waals surface area contributed by atoms with Crippen molar-refractivity contribution in [3.05, 3.63) is 100.0 Å². The number of hydrogen-bond donors (Lipinski definition) is 1. The van der Waals surface area contributed by atoms with Crippen molar-refractivity contribution in [2.45, 2.75) is 31.7 Å². The summed E-state index contributed by atoms with van der Waals surface area (Å²) in [5.74, 6) is -0.152. The van der Waals surface area contributed by atoms with Crippen molar-refractivity contribution in [3.8, 4) is 0 Å². The number of nitrogens with zero attached hydrogens (tertiary/aromatic N) is 3. The molecule has 2 heterocycles. The topological polar surface area (TPSA) is 55.9 Å². The highest BCUT2D eigenvalue weighted by Gasteiger charge is 2.30. The van der Waals surface area contributed by atoms with E-state index in [-0.39, 0.29) is 11.8 Å². The van der Waals surface area contributed by atoms with E-state index >= 15 is 0 Å². The van der Waals surface area contributed by atoms with Gasteiger partial charge in [-0.05, 0) is 61.8 Å². The number of thioether (sulfide) groups is 1. The molecule has 0 aromatic heterocycles. The van der Waals surface area contributed by atoms with Crippen LogP contribution in [0.1, 0.15) is 40.4 Å². The van der Waals surface area contributed by atoms with Crippen molar-refractivity contribution >= 4 is 35.3 Å². The third-order valence-electron chi connectivity index (χ3n) is 7.56. The Kier molecular flexibility index (Phi) is 9.37. The van der Waals surface area contributed by atoms with Gasteiger partial charge < -0.3 is 20.0 Å². The van der Waals surface area contributed by atoms with Gasteiger partial charge in [0, 0.05) is 43.2 Å². The van der Waals surface area contributed by atoms with Gasteiger partial charge >= 0.3 is 0 Å². The van der Waals surface area contributed by atoms with E-state index in [1.54, 1.807) is 0 Å². The zero-order chi connectivity index (χ0) is 27.9. The van der Waals surface area contributed by atoms with Crippen molar-refractivity contribution in [2.24, 2.45) is 0 Å². The van der Waals surface area contributed by atoms with Crippen LogP contribution in [0.25, 0.3) is 6.08 Å².